The van der Waals surface area contributed by atoms with Crippen LogP contribution >= 0.6 is 0 Å². The predicted octanol–water partition coefficient (Wildman–Crippen LogP) is 4.45. The number of rotatable bonds is 12. The van der Waals surface area contributed by atoms with E-state index in [9.17, 15) is 23.1 Å². The Bertz CT molecular complexity index is 1680. The zero-order valence-electron chi connectivity index (χ0n) is 22.9. The number of aromatic nitrogens is 2. The fraction of sp³-hybridized carbons (Fsp3) is 0.250. The molecule has 0 spiro atoms. The molecule has 2 aromatic carbocycles. The van der Waals surface area contributed by atoms with Crippen molar-refractivity contribution in [1.29, 1.82) is 0 Å². The molecule has 0 radical (unpaired) electrons. The first-order chi connectivity index (χ1) is 19.5. The van der Waals surface area contributed by atoms with Gasteiger partial charge in [0.05, 0.1) is 12.0 Å². The first-order valence-electron chi connectivity index (χ1n) is 12.6. The number of carbonyl (C=O) groups is 2. The summed E-state index contributed by atoms with van der Waals surface area (Å²) in [7, 11) is -2.66. The number of carboxylic acid groups (broad SMARTS) is 1. The third-order valence-electron chi connectivity index (χ3n) is 6.11. The number of aromatic carboxylic acids is 1. The highest BCUT2D eigenvalue weighted by Crippen LogP contribution is 2.36. The first-order valence-corrected chi connectivity index (χ1v) is 14.1. The number of carbonyl (C=O) groups excluding carboxylic acids is 1. The average Bonchev–Trinajstić information content (AvgIpc) is 3.57. The van der Waals surface area contributed by atoms with Gasteiger partial charge >= 0.3 is 5.97 Å². The molecule has 0 saturated carbocycles. The number of ether oxygens (including phenoxy) is 2. The number of amides is 1. The van der Waals surface area contributed by atoms with Gasteiger partial charge in [-0.2, -0.15) is 9.78 Å². The van der Waals surface area contributed by atoms with Crippen LogP contribution in [0.5, 0.6) is 11.6 Å². The van der Waals surface area contributed by atoms with Crippen molar-refractivity contribution in [1.82, 2.24) is 14.5 Å². The zero-order chi connectivity index (χ0) is 29.7. The van der Waals surface area contributed by atoms with E-state index in [1.807, 2.05) is 26.0 Å². The van der Waals surface area contributed by atoms with Crippen molar-refractivity contribution in [2.24, 2.45) is 0 Å². The van der Waals surface area contributed by atoms with Gasteiger partial charge in [-0.3, -0.25) is 4.79 Å². The van der Waals surface area contributed by atoms with E-state index in [4.69, 9.17) is 13.9 Å². The molecular formula is C28H30N4O8S. The molecule has 4 aromatic rings. The van der Waals surface area contributed by atoms with E-state index >= 15 is 0 Å². The number of hydrogen-bond donors (Lipinski definition) is 3. The monoisotopic (exact) mass is 582 g/mol. The molecule has 0 saturated heterocycles. The third kappa shape index (κ3) is 6.65. The first kappa shape index (κ1) is 29.5. The molecule has 216 valence electrons. The minimum Gasteiger partial charge on any atom is -0.476 e. The van der Waals surface area contributed by atoms with Gasteiger partial charge in [-0.15, -0.1) is 0 Å². The minimum absolute atomic E-state index is 0.0255. The normalized spacial score (nSPS) is 11.4. The summed E-state index contributed by atoms with van der Waals surface area (Å²) in [6, 6.07) is 12.6. The Labute approximate surface area is 236 Å². The van der Waals surface area contributed by atoms with Gasteiger partial charge in [0.25, 0.3) is 5.91 Å². The lowest BCUT2D eigenvalue weighted by molar-refractivity contribution is 0.0689. The van der Waals surface area contributed by atoms with Crippen LogP contribution in [-0.2, 0) is 14.8 Å². The number of anilines is 1. The van der Waals surface area contributed by atoms with Crippen molar-refractivity contribution in [3.8, 4) is 17.3 Å². The highest BCUT2D eigenvalue weighted by molar-refractivity contribution is 7.89. The van der Waals surface area contributed by atoms with E-state index in [0.717, 1.165) is 11.1 Å². The summed E-state index contributed by atoms with van der Waals surface area (Å²) in [5, 5.41) is 16.6. The Morgan fingerprint density at radius 1 is 1.10 bits per heavy atom. The van der Waals surface area contributed by atoms with E-state index in [-0.39, 0.29) is 45.8 Å². The smallest absolute Gasteiger partial charge is 0.356 e. The lowest BCUT2D eigenvalue weighted by Gasteiger charge is -2.16. The second kappa shape index (κ2) is 12.4. The second-order valence-electron chi connectivity index (χ2n) is 9.22. The summed E-state index contributed by atoms with van der Waals surface area (Å²) in [5.41, 5.74) is 2.48. The molecule has 4 rings (SSSR count). The van der Waals surface area contributed by atoms with E-state index < -0.39 is 21.9 Å². The van der Waals surface area contributed by atoms with Crippen LogP contribution in [0.15, 0.2) is 64.1 Å². The van der Waals surface area contributed by atoms with Crippen molar-refractivity contribution < 1.29 is 37.0 Å². The highest BCUT2D eigenvalue weighted by atomic mass is 32.2. The van der Waals surface area contributed by atoms with Crippen LogP contribution in [-0.4, -0.2) is 55.4 Å². The zero-order valence-corrected chi connectivity index (χ0v) is 23.7. The summed E-state index contributed by atoms with van der Waals surface area (Å²) >= 11 is 0. The van der Waals surface area contributed by atoms with Gasteiger partial charge < -0.3 is 24.3 Å². The number of nitrogens with zero attached hydrogens (tertiary/aromatic N) is 2. The molecule has 1 amide bonds. The summed E-state index contributed by atoms with van der Waals surface area (Å²) in [6.45, 7) is 5.73. The van der Waals surface area contributed by atoms with Crippen molar-refractivity contribution in [2.45, 2.75) is 32.1 Å². The fourth-order valence-electron chi connectivity index (χ4n) is 4.10. The van der Waals surface area contributed by atoms with Gasteiger partial charge in [0.15, 0.2) is 11.5 Å². The SMILES string of the molecule is COCCCNS(=O)(=O)c1cc(NC(=O)c2ccco2)ccc1Oc1c(C)c(C(=O)O)nn1-c1ccc(C)cc1C. The lowest BCUT2D eigenvalue weighted by Crippen LogP contribution is -2.26. The van der Waals surface area contributed by atoms with Gasteiger partial charge in [-0.25, -0.2) is 17.9 Å². The Morgan fingerprint density at radius 3 is 2.54 bits per heavy atom. The molecule has 0 aliphatic carbocycles. The Balaban J connectivity index is 1.80. The molecule has 0 bridgehead atoms. The molecule has 0 fully saturated rings. The Kier molecular flexibility index (Phi) is 8.91. The van der Waals surface area contributed by atoms with Crippen molar-refractivity contribution in [3.05, 3.63) is 82.9 Å². The molecule has 3 N–H and O–H groups in total. The van der Waals surface area contributed by atoms with Crippen LogP contribution in [0.4, 0.5) is 5.69 Å². The number of benzene rings is 2. The maximum atomic E-state index is 13.4. The van der Waals surface area contributed by atoms with E-state index in [1.54, 1.807) is 12.1 Å². The topological polar surface area (TPSA) is 162 Å². The Hall–Kier alpha value is -4.46. The number of hydrogen-bond acceptors (Lipinski definition) is 8. The Morgan fingerprint density at radius 2 is 1.88 bits per heavy atom. The summed E-state index contributed by atoms with van der Waals surface area (Å²) in [6.07, 6.45) is 1.76. The van der Waals surface area contributed by atoms with Crippen molar-refractivity contribution in [3.63, 3.8) is 0 Å². The summed E-state index contributed by atoms with van der Waals surface area (Å²) in [4.78, 5) is 24.2. The number of methoxy groups -OCH3 is 1. The minimum atomic E-state index is -4.17. The summed E-state index contributed by atoms with van der Waals surface area (Å²) < 4.78 is 47.0. The molecule has 41 heavy (non-hydrogen) atoms. The molecular weight excluding hydrogens is 552 g/mol. The van der Waals surface area contributed by atoms with Gasteiger partial charge in [-0.05, 0) is 69.2 Å². The standard InChI is InChI=1S/C28H30N4O8S/c1-17-8-10-21(18(2)15-17)32-27(19(3)25(31-32)28(34)35)40-22-11-9-20(30-26(33)23-7-5-14-39-23)16-24(22)41(36,37)29-12-6-13-38-4/h5,7-11,14-16,29H,6,12-13H2,1-4H3,(H,30,33)(H,34,35). The van der Waals surface area contributed by atoms with Crippen LogP contribution in [0.1, 0.15) is 44.2 Å². The van der Waals surface area contributed by atoms with Crippen molar-refractivity contribution in [2.75, 3.05) is 25.6 Å². The largest absolute Gasteiger partial charge is 0.476 e. The molecule has 13 heteroatoms. The number of carboxylic acids is 1. The highest BCUT2D eigenvalue weighted by Gasteiger charge is 2.27. The molecule has 0 unspecified atom stereocenters. The van der Waals surface area contributed by atoms with E-state index in [2.05, 4.69) is 15.1 Å². The van der Waals surface area contributed by atoms with E-state index in [0.29, 0.717) is 18.7 Å². The maximum absolute atomic E-state index is 13.4. The fourth-order valence-corrected chi connectivity index (χ4v) is 5.32. The average molecular weight is 583 g/mol. The van der Waals surface area contributed by atoms with Crippen molar-refractivity contribution >= 4 is 27.6 Å². The summed E-state index contributed by atoms with van der Waals surface area (Å²) in [5.74, 6) is -1.88. The van der Waals surface area contributed by atoms with Gasteiger partial charge in [0.1, 0.15) is 10.6 Å². The molecule has 0 atom stereocenters. The molecule has 2 aromatic heterocycles. The number of aryl methyl sites for hydroxylation is 2. The van der Waals surface area contributed by atoms with Crippen LogP contribution in [0.2, 0.25) is 0 Å². The van der Waals surface area contributed by atoms with Gasteiger partial charge in [0, 0.05) is 31.5 Å². The number of nitrogens with one attached hydrogen (secondary N) is 2. The molecule has 2 heterocycles. The second-order valence-corrected chi connectivity index (χ2v) is 11.0. The molecule has 12 nitrogen and oxygen atoms in total. The molecule has 0 aliphatic heterocycles. The third-order valence-corrected chi connectivity index (χ3v) is 7.59. The predicted molar refractivity (Wildman–Crippen MR) is 150 cm³/mol. The number of sulfonamides is 1. The molecule has 0 aliphatic rings. The van der Waals surface area contributed by atoms with Crippen LogP contribution in [0.3, 0.4) is 0 Å². The van der Waals surface area contributed by atoms with Crippen LogP contribution in [0.25, 0.3) is 5.69 Å². The van der Waals surface area contributed by atoms with Gasteiger partial charge in [0.2, 0.25) is 15.9 Å². The van der Waals surface area contributed by atoms with Crippen LogP contribution in [0, 0.1) is 20.8 Å². The maximum Gasteiger partial charge on any atom is 0.356 e. The van der Waals surface area contributed by atoms with Crippen LogP contribution < -0.4 is 14.8 Å². The van der Waals surface area contributed by atoms with E-state index in [1.165, 1.54) is 49.2 Å². The van der Waals surface area contributed by atoms with Gasteiger partial charge in [-0.1, -0.05) is 17.7 Å². The lowest BCUT2D eigenvalue weighted by atomic mass is 10.1. The number of furan rings is 1. The quantitative estimate of drug-likeness (QED) is 0.205.